The van der Waals surface area contributed by atoms with Gasteiger partial charge in [-0.3, -0.25) is 14.6 Å². The topological polar surface area (TPSA) is 170 Å². The molecule has 3 rings (SSSR count). The van der Waals surface area contributed by atoms with Gasteiger partial charge in [-0.2, -0.15) is 0 Å². The Morgan fingerprint density at radius 2 is 1.22 bits per heavy atom. The van der Waals surface area contributed by atoms with E-state index >= 15 is 0 Å². The number of hydrogen-bond acceptors (Lipinski definition) is 13. The van der Waals surface area contributed by atoms with E-state index in [1.54, 1.807) is 13.0 Å². The summed E-state index contributed by atoms with van der Waals surface area (Å²) in [7, 11) is 0. The van der Waals surface area contributed by atoms with Gasteiger partial charge in [0.2, 0.25) is 0 Å². The van der Waals surface area contributed by atoms with Gasteiger partial charge in [0.05, 0.1) is 76.6 Å². The van der Waals surface area contributed by atoms with Crippen molar-refractivity contribution in [2.75, 3.05) is 91.4 Å². The number of halogens is 1. The lowest BCUT2D eigenvalue weighted by atomic mass is 10.2. The maximum absolute atomic E-state index is 13.9. The minimum atomic E-state index is -1.30. The van der Waals surface area contributed by atoms with E-state index in [9.17, 15) is 29.0 Å². The molecule has 0 aromatic carbocycles. The summed E-state index contributed by atoms with van der Waals surface area (Å²) >= 11 is 1.19. The van der Waals surface area contributed by atoms with Crippen molar-refractivity contribution >= 4 is 29.7 Å². The minimum Gasteiger partial charge on any atom is -0.477 e. The highest BCUT2D eigenvalue weighted by Crippen LogP contribution is 2.21. The molecule has 1 aliphatic heterocycles. The summed E-state index contributed by atoms with van der Waals surface area (Å²) in [5, 5.41) is 18.8. The largest absolute Gasteiger partial charge is 0.477 e. The van der Waals surface area contributed by atoms with E-state index in [2.05, 4.69) is 9.97 Å². The summed E-state index contributed by atoms with van der Waals surface area (Å²) in [6, 6.07) is 5.31. The Bertz CT molecular complexity index is 1250. The van der Waals surface area contributed by atoms with Crippen LogP contribution < -0.4 is 0 Å². The average molecular weight is 669 g/mol. The molecule has 2 aromatic rings. The number of aromatic nitrogens is 2. The summed E-state index contributed by atoms with van der Waals surface area (Å²) in [4.78, 5) is 47.7. The Morgan fingerprint density at radius 1 is 0.761 bits per heavy atom. The predicted octanol–water partition coefficient (Wildman–Crippen LogP) is 2.05. The van der Waals surface area contributed by atoms with Crippen LogP contribution in [0.25, 0.3) is 0 Å². The van der Waals surface area contributed by atoms with Crippen molar-refractivity contribution in [3.8, 4) is 0 Å². The van der Waals surface area contributed by atoms with Crippen LogP contribution in [-0.2, 0) is 41.6 Å². The van der Waals surface area contributed by atoms with E-state index in [1.807, 2.05) is 9.80 Å². The molecule has 2 N–H and O–H groups in total. The van der Waals surface area contributed by atoms with Gasteiger partial charge in [-0.15, -0.1) is 11.8 Å². The second kappa shape index (κ2) is 20.8. The van der Waals surface area contributed by atoms with E-state index < -0.39 is 17.8 Å². The number of pyridine rings is 2. The van der Waals surface area contributed by atoms with Crippen molar-refractivity contribution in [1.82, 2.24) is 19.8 Å². The summed E-state index contributed by atoms with van der Waals surface area (Å²) < 4.78 is 41.9. The van der Waals surface area contributed by atoms with Crippen molar-refractivity contribution in [3.05, 3.63) is 52.9 Å². The molecule has 3 heterocycles. The second-order valence-electron chi connectivity index (χ2n) is 10.0. The summed E-state index contributed by atoms with van der Waals surface area (Å²) in [6.45, 7) is 7.47. The molecule has 0 radical (unpaired) electrons. The van der Waals surface area contributed by atoms with Crippen LogP contribution in [0.1, 0.15) is 39.3 Å². The maximum Gasteiger partial charge on any atom is 0.354 e. The standard InChI is InChI=1S/C30H41FN4O10S/c1-2-45-28(36)21-46-25-17-24(33-27(18-25)30(39)40)20-35-5-9-43-13-11-41-7-3-34(4-8-42-12-14-44-10-6-35)19-23-15-22(31)16-26(32-23)29(37)38/h15-18H,2-14,19-21H2,1H3,(H,37,38)(H,39,40). The molecular formula is C30H41FN4O10S. The molecule has 0 atom stereocenters. The number of aromatic carboxylic acids is 2. The number of carboxylic acid groups (broad SMARTS) is 2. The Kier molecular flexibility index (Phi) is 16.8. The normalized spacial score (nSPS) is 17.1. The lowest BCUT2D eigenvalue weighted by Gasteiger charge is -2.23. The van der Waals surface area contributed by atoms with E-state index in [4.69, 9.17) is 23.7 Å². The first-order valence-corrected chi connectivity index (χ1v) is 15.9. The van der Waals surface area contributed by atoms with Gasteiger partial charge in [0, 0.05) is 50.2 Å². The number of rotatable bonds is 10. The Hall–Kier alpha value is -3.25. The smallest absolute Gasteiger partial charge is 0.354 e. The van der Waals surface area contributed by atoms with Crippen molar-refractivity contribution in [1.29, 1.82) is 0 Å². The highest BCUT2D eigenvalue weighted by molar-refractivity contribution is 8.00. The molecule has 16 heteroatoms. The number of carboxylic acids is 2. The van der Waals surface area contributed by atoms with E-state index in [0.717, 1.165) is 6.07 Å². The quantitative estimate of drug-likeness (QED) is 0.278. The third-order valence-corrected chi connectivity index (χ3v) is 7.47. The molecule has 1 fully saturated rings. The summed E-state index contributed by atoms with van der Waals surface area (Å²) in [5.41, 5.74) is 0.379. The van der Waals surface area contributed by atoms with Gasteiger partial charge in [-0.25, -0.2) is 23.9 Å². The average Bonchev–Trinajstić information content (AvgIpc) is 3.01. The van der Waals surface area contributed by atoms with Gasteiger partial charge in [-0.1, -0.05) is 0 Å². The fraction of sp³-hybridized carbons (Fsp3) is 0.567. The molecule has 2 aromatic heterocycles. The Balaban J connectivity index is 1.55. The fourth-order valence-electron chi connectivity index (χ4n) is 4.34. The van der Waals surface area contributed by atoms with E-state index in [0.29, 0.717) is 102 Å². The van der Waals surface area contributed by atoms with Gasteiger partial charge in [0.15, 0.2) is 5.69 Å². The molecule has 0 spiro atoms. The van der Waals surface area contributed by atoms with Crippen molar-refractivity contribution in [2.24, 2.45) is 0 Å². The molecule has 254 valence electrons. The molecule has 1 saturated heterocycles. The van der Waals surface area contributed by atoms with Crippen LogP contribution >= 0.6 is 11.8 Å². The first-order chi connectivity index (χ1) is 22.2. The van der Waals surface area contributed by atoms with Gasteiger partial charge in [-0.05, 0) is 25.1 Å². The Labute approximate surface area is 271 Å². The van der Waals surface area contributed by atoms with E-state index in [-0.39, 0.29) is 36.3 Å². The lowest BCUT2D eigenvalue weighted by Crippen LogP contribution is -2.33. The minimum absolute atomic E-state index is 0.0573. The number of carbonyl (C=O) groups excluding carboxylic acids is 1. The summed E-state index contributed by atoms with van der Waals surface area (Å²) in [6.07, 6.45) is 0. The highest BCUT2D eigenvalue weighted by atomic mass is 32.2. The molecule has 0 saturated carbocycles. The number of ether oxygens (including phenoxy) is 5. The lowest BCUT2D eigenvalue weighted by molar-refractivity contribution is -0.139. The number of hydrogen-bond donors (Lipinski definition) is 2. The van der Waals surface area contributed by atoms with Crippen molar-refractivity contribution in [3.63, 3.8) is 0 Å². The monoisotopic (exact) mass is 668 g/mol. The third-order valence-electron chi connectivity index (χ3n) is 6.52. The second-order valence-corrected chi connectivity index (χ2v) is 11.1. The number of thioether (sulfide) groups is 1. The van der Waals surface area contributed by atoms with Crippen molar-refractivity contribution in [2.45, 2.75) is 24.9 Å². The molecule has 46 heavy (non-hydrogen) atoms. The zero-order valence-corrected chi connectivity index (χ0v) is 26.7. The molecule has 0 bridgehead atoms. The van der Waals surface area contributed by atoms with Crippen LogP contribution in [-0.4, -0.2) is 139 Å². The molecule has 1 aliphatic rings. The van der Waals surface area contributed by atoms with Gasteiger partial charge in [0.1, 0.15) is 11.5 Å². The molecule has 0 aliphatic carbocycles. The zero-order valence-electron chi connectivity index (χ0n) is 25.9. The van der Waals surface area contributed by atoms with Crippen LogP contribution in [0.5, 0.6) is 0 Å². The number of carbonyl (C=O) groups is 3. The number of esters is 1. The SMILES string of the molecule is CCOC(=O)CSc1cc(CN2CCOCCOCCN(Cc3cc(F)cc(C(=O)O)n3)CCOCCOCC2)nc(C(=O)O)c1. The van der Waals surface area contributed by atoms with Crippen LogP contribution in [0, 0.1) is 5.82 Å². The van der Waals surface area contributed by atoms with E-state index in [1.165, 1.54) is 23.9 Å². The number of nitrogens with zero attached hydrogens (tertiary/aromatic N) is 4. The molecular weight excluding hydrogens is 627 g/mol. The first kappa shape index (κ1) is 37.2. The van der Waals surface area contributed by atoms with Gasteiger partial charge < -0.3 is 33.9 Å². The van der Waals surface area contributed by atoms with Gasteiger partial charge >= 0.3 is 17.9 Å². The maximum atomic E-state index is 13.9. The molecule has 0 unspecified atom stereocenters. The fourth-order valence-corrected chi connectivity index (χ4v) is 5.12. The predicted molar refractivity (Wildman–Crippen MR) is 164 cm³/mol. The molecule has 14 nitrogen and oxygen atoms in total. The zero-order chi connectivity index (χ0) is 33.1. The van der Waals surface area contributed by atoms with Crippen LogP contribution in [0.2, 0.25) is 0 Å². The molecule has 0 amide bonds. The van der Waals surface area contributed by atoms with Crippen LogP contribution in [0.4, 0.5) is 4.39 Å². The van der Waals surface area contributed by atoms with Crippen LogP contribution in [0.15, 0.2) is 29.2 Å². The third kappa shape index (κ3) is 14.5. The Morgan fingerprint density at radius 3 is 1.67 bits per heavy atom. The van der Waals surface area contributed by atoms with Crippen LogP contribution in [0.3, 0.4) is 0 Å². The highest BCUT2D eigenvalue weighted by Gasteiger charge is 2.16. The van der Waals surface area contributed by atoms with Crippen molar-refractivity contribution < 1.29 is 52.7 Å². The first-order valence-electron chi connectivity index (χ1n) is 14.9. The summed E-state index contributed by atoms with van der Waals surface area (Å²) in [5.74, 6) is -3.44. The van der Waals surface area contributed by atoms with Gasteiger partial charge in [0.25, 0.3) is 0 Å².